The minimum absolute atomic E-state index is 0.0672. The Morgan fingerprint density at radius 2 is 2.22 bits per heavy atom. The molecule has 2 rings (SSSR count). The number of aryl methyl sites for hydroxylation is 1. The lowest BCUT2D eigenvalue weighted by Gasteiger charge is -2.01. The molecule has 2 aromatic heterocycles. The fraction of sp³-hybridized carbons (Fsp3) is 0.429. The van der Waals surface area contributed by atoms with Crippen molar-refractivity contribution in [3.63, 3.8) is 0 Å². The van der Waals surface area contributed by atoms with Crippen LogP contribution in [0.15, 0.2) is 17.6 Å². The molecule has 124 valence electrons. The van der Waals surface area contributed by atoms with Gasteiger partial charge in [-0.05, 0) is 6.92 Å². The van der Waals surface area contributed by atoms with Gasteiger partial charge in [-0.2, -0.15) is 5.10 Å². The van der Waals surface area contributed by atoms with E-state index in [2.05, 4.69) is 20.1 Å². The van der Waals surface area contributed by atoms with E-state index >= 15 is 0 Å². The average Bonchev–Trinajstić information content (AvgIpc) is 3.15. The zero-order chi connectivity index (χ0) is 16.7. The van der Waals surface area contributed by atoms with Gasteiger partial charge in [0.05, 0.1) is 25.8 Å². The molecule has 2 aromatic rings. The van der Waals surface area contributed by atoms with E-state index in [0.717, 1.165) is 5.69 Å². The van der Waals surface area contributed by atoms with E-state index < -0.39 is 0 Å². The smallest absolute Gasteiger partial charge is 0.327 e. The van der Waals surface area contributed by atoms with Crippen molar-refractivity contribution < 1.29 is 19.1 Å². The Morgan fingerprint density at radius 3 is 2.96 bits per heavy atom. The number of anilines is 2. The van der Waals surface area contributed by atoms with Crippen molar-refractivity contribution in [1.29, 1.82) is 0 Å². The fourth-order valence-electron chi connectivity index (χ4n) is 1.78. The van der Waals surface area contributed by atoms with Crippen LogP contribution in [-0.4, -0.2) is 40.4 Å². The number of rotatable bonds is 8. The molecule has 1 N–H and O–H groups in total. The van der Waals surface area contributed by atoms with Crippen molar-refractivity contribution in [2.75, 3.05) is 19.0 Å². The highest BCUT2D eigenvalue weighted by atomic mass is 32.1. The van der Waals surface area contributed by atoms with Crippen LogP contribution in [0, 0.1) is 0 Å². The Bertz CT molecular complexity index is 667. The number of carbonyl (C=O) groups excluding carboxylic acids is 2. The van der Waals surface area contributed by atoms with E-state index in [0.29, 0.717) is 30.4 Å². The molecule has 0 atom stereocenters. The SMILES string of the molecule is CCOC(=O)Cn1ccc(Nc2nc(CCC(=O)OC)cs2)n1. The summed E-state index contributed by atoms with van der Waals surface area (Å²) in [5, 5.41) is 9.83. The van der Waals surface area contributed by atoms with Gasteiger partial charge in [0.25, 0.3) is 0 Å². The molecule has 0 aliphatic rings. The Balaban J connectivity index is 1.87. The van der Waals surface area contributed by atoms with E-state index in [1.165, 1.54) is 23.1 Å². The van der Waals surface area contributed by atoms with Crippen LogP contribution in [0.5, 0.6) is 0 Å². The average molecular weight is 338 g/mol. The van der Waals surface area contributed by atoms with Crippen LogP contribution in [0.4, 0.5) is 10.9 Å². The summed E-state index contributed by atoms with van der Waals surface area (Å²) in [5.41, 5.74) is 0.814. The third-order valence-electron chi connectivity index (χ3n) is 2.84. The Labute approximate surface area is 137 Å². The summed E-state index contributed by atoms with van der Waals surface area (Å²) >= 11 is 1.42. The third kappa shape index (κ3) is 5.37. The molecular formula is C14H18N4O4S. The lowest BCUT2D eigenvalue weighted by molar-refractivity contribution is -0.144. The number of carbonyl (C=O) groups is 2. The summed E-state index contributed by atoms with van der Waals surface area (Å²) in [4.78, 5) is 26.9. The monoisotopic (exact) mass is 338 g/mol. The van der Waals surface area contributed by atoms with Gasteiger partial charge in [0.2, 0.25) is 0 Å². The van der Waals surface area contributed by atoms with E-state index in [1.54, 1.807) is 19.2 Å². The second kappa shape index (κ2) is 8.28. The lowest BCUT2D eigenvalue weighted by atomic mass is 10.2. The molecule has 0 fully saturated rings. The molecule has 0 spiro atoms. The first kappa shape index (κ1) is 16.9. The van der Waals surface area contributed by atoms with E-state index in [4.69, 9.17) is 4.74 Å². The van der Waals surface area contributed by atoms with E-state index in [9.17, 15) is 9.59 Å². The van der Waals surface area contributed by atoms with E-state index in [1.807, 2.05) is 5.38 Å². The summed E-state index contributed by atoms with van der Waals surface area (Å²) in [6.07, 6.45) is 2.51. The Kier molecular flexibility index (Phi) is 6.10. The zero-order valence-corrected chi connectivity index (χ0v) is 13.8. The topological polar surface area (TPSA) is 95.3 Å². The molecule has 0 saturated heterocycles. The number of hydrogen-bond donors (Lipinski definition) is 1. The first-order chi connectivity index (χ1) is 11.1. The lowest BCUT2D eigenvalue weighted by Crippen LogP contribution is -2.13. The molecule has 0 saturated carbocycles. The number of esters is 2. The maximum atomic E-state index is 11.4. The van der Waals surface area contributed by atoms with Gasteiger partial charge in [-0.25, -0.2) is 4.98 Å². The molecule has 0 unspecified atom stereocenters. The first-order valence-electron chi connectivity index (χ1n) is 7.08. The van der Waals surface area contributed by atoms with Crippen LogP contribution in [0.3, 0.4) is 0 Å². The quantitative estimate of drug-likeness (QED) is 0.733. The van der Waals surface area contributed by atoms with Gasteiger partial charge < -0.3 is 14.8 Å². The highest BCUT2D eigenvalue weighted by Gasteiger charge is 2.08. The number of thiazole rings is 1. The second-order valence-corrected chi connectivity index (χ2v) is 5.41. The normalized spacial score (nSPS) is 10.3. The fourth-order valence-corrected chi connectivity index (χ4v) is 2.53. The van der Waals surface area contributed by atoms with Gasteiger partial charge in [-0.15, -0.1) is 11.3 Å². The molecular weight excluding hydrogens is 320 g/mol. The molecule has 0 radical (unpaired) electrons. The van der Waals surface area contributed by atoms with Crippen LogP contribution >= 0.6 is 11.3 Å². The summed E-state index contributed by atoms with van der Waals surface area (Å²) in [6.45, 7) is 2.17. The number of ether oxygens (including phenoxy) is 2. The standard InChI is InChI=1S/C14H18N4O4S/c1-3-22-13(20)8-18-7-6-11(17-18)16-14-15-10(9-23-14)4-5-12(19)21-2/h6-7,9H,3-5,8H2,1-2H3,(H,15,16,17). The molecule has 8 nitrogen and oxygen atoms in total. The van der Waals surface area contributed by atoms with Crippen molar-refractivity contribution in [2.45, 2.75) is 26.3 Å². The Hall–Kier alpha value is -2.42. The van der Waals surface area contributed by atoms with Crippen molar-refractivity contribution in [3.8, 4) is 0 Å². The summed E-state index contributed by atoms with van der Waals surface area (Å²) in [5.74, 6) is -0.00474. The van der Waals surface area contributed by atoms with E-state index in [-0.39, 0.29) is 18.5 Å². The summed E-state index contributed by atoms with van der Waals surface area (Å²) in [7, 11) is 1.36. The highest BCUT2D eigenvalue weighted by Crippen LogP contribution is 2.20. The molecule has 2 heterocycles. The molecule has 9 heteroatoms. The predicted molar refractivity (Wildman–Crippen MR) is 84.6 cm³/mol. The van der Waals surface area contributed by atoms with Crippen molar-refractivity contribution in [1.82, 2.24) is 14.8 Å². The number of nitrogens with one attached hydrogen (secondary N) is 1. The van der Waals surface area contributed by atoms with Gasteiger partial charge in [-0.1, -0.05) is 0 Å². The van der Waals surface area contributed by atoms with Gasteiger partial charge in [0.15, 0.2) is 10.9 Å². The maximum Gasteiger partial charge on any atom is 0.327 e. The molecule has 0 bridgehead atoms. The highest BCUT2D eigenvalue weighted by molar-refractivity contribution is 7.13. The molecule has 0 aliphatic heterocycles. The van der Waals surface area contributed by atoms with Gasteiger partial charge in [0, 0.05) is 24.1 Å². The first-order valence-corrected chi connectivity index (χ1v) is 7.96. The van der Waals surface area contributed by atoms with Crippen LogP contribution in [-0.2, 0) is 32.0 Å². The number of aromatic nitrogens is 3. The van der Waals surface area contributed by atoms with Crippen molar-refractivity contribution in [3.05, 3.63) is 23.3 Å². The number of nitrogens with zero attached hydrogens (tertiary/aromatic N) is 3. The molecule has 0 aromatic carbocycles. The number of hydrogen-bond acceptors (Lipinski definition) is 8. The summed E-state index contributed by atoms with van der Waals surface area (Å²) in [6, 6.07) is 1.74. The molecule has 0 amide bonds. The van der Waals surface area contributed by atoms with Crippen LogP contribution in [0.2, 0.25) is 0 Å². The van der Waals surface area contributed by atoms with Crippen molar-refractivity contribution >= 4 is 34.2 Å². The summed E-state index contributed by atoms with van der Waals surface area (Å²) < 4.78 is 11.0. The minimum Gasteiger partial charge on any atom is -0.469 e. The largest absolute Gasteiger partial charge is 0.469 e. The predicted octanol–water partition coefficient (Wildman–Crippen LogP) is 1.75. The number of methoxy groups -OCH3 is 1. The van der Waals surface area contributed by atoms with Crippen LogP contribution in [0.1, 0.15) is 19.0 Å². The third-order valence-corrected chi connectivity index (χ3v) is 3.64. The van der Waals surface area contributed by atoms with Crippen LogP contribution in [0.25, 0.3) is 0 Å². The van der Waals surface area contributed by atoms with Gasteiger partial charge >= 0.3 is 11.9 Å². The van der Waals surface area contributed by atoms with Crippen molar-refractivity contribution in [2.24, 2.45) is 0 Å². The minimum atomic E-state index is -0.332. The van der Waals surface area contributed by atoms with Crippen LogP contribution < -0.4 is 5.32 Å². The maximum absolute atomic E-state index is 11.4. The zero-order valence-electron chi connectivity index (χ0n) is 12.9. The second-order valence-electron chi connectivity index (χ2n) is 4.55. The van der Waals surface area contributed by atoms with Gasteiger partial charge in [-0.3, -0.25) is 14.3 Å². The van der Waals surface area contributed by atoms with Gasteiger partial charge in [0.1, 0.15) is 6.54 Å². The molecule has 23 heavy (non-hydrogen) atoms. The Morgan fingerprint density at radius 1 is 1.39 bits per heavy atom. The molecule has 0 aliphatic carbocycles.